The summed E-state index contributed by atoms with van der Waals surface area (Å²) in [6, 6.07) is 15.2. The number of carboxylic acid groups (broad SMARTS) is 1. The predicted octanol–water partition coefficient (Wildman–Crippen LogP) is 4.74. The van der Waals surface area contributed by atoms with E-state index < -0.39 is 5.97 Å². The van der Waals surface area contributed by atoms with Crippen LogP contribution in [0.1, 0.15) is 16.1 Å². The third-order valence-electron chi connectivity index (χ3n) is 4.40. The summed E-state index contributed by atoms with van der Waals surface area (Å²) >= 11 is 1.53. The van der Waals surface area contributed by atoms with Gasteiger partial charge in [-0.1, -0.05) is 24.3 Å². The number of hydrogen-bond donors (Lipinski definition) is 1. The molecule has 0 amide bonds. The highest BCUT2D eigenvalue weighted by Gasteiger charge is 2.21. The van der Waals surface area contributed by atoms with E-state index in [-0.39, 0.29) is 0 Å². The van der Waals surface area contributed by atoms with Crippen LogP contribution in [-0.2, 0) is 4.79 Å². The molecular weight excluding hydrogens is 362 g/mol. The Morgan fingerprint density at radius 3 is 2.56 bits per heavy atom. The monoisotopic (exact) mass is 377 g/mol. The first-order valence-electron chi connectivity index (χ1n) is 8.20. The summed E-state index contributed by atoms with van der Waals surface area (Å²) in [7, 11) is 1.59. The van der Waals surface area contributed by atoms with E-state index in [4.69, 9.17) is 9.84 Å². The second-order valence-corrected chi connectivity index (χ2v) is 6.93. The molecule has 0 unspecified atom stereocenters. The number of carbonyl (C=O) groups excluding carboxylic acids is 1. The number of hydrogen-bond acceptors (Lipinski definition) is 4. The van der Waals surface area contributed by atoms with Gasteiger partial charge in [0.2, 0.25) is 0 Å². The lowest BCUT2D eigenvalue weighted by Crippen LogP contribution is -1.92. The number of benzene rings is 2. The number of aromatic nitrogens is 1. The van der Waals surface area contributed by atoms with Crippen LogP contribution in [0.25, 0.3) is 32.2 Å². The molecule has 1 N–H and O–H groups in total. The first kappa shape index (κ1) is 17.1. The molecule has 4 rings (SSSR count). The minimum atomic E-state index is -1.04. The lowest BCUT2D eigenvalue weighted by Gasteiger charge is -2.05. The van der Waals surface area contributed by atoms with Crippen molar-refractivity contribution in [2.75, 3.05) is 7.11 Å². The van der Waals surface area contributed by atoms with Crippen LogP contribution in [0.15, 0.2) is 54.6 Å². The van der Waals surface area contributed by atoms with Crippen molar-refractivity contribution in [2.24, 2.45) is 0 Å². The molecule has 0 radical (unpaired) electrons. The largest absolute Gasteiger partial charge is 0.497 e. The lowest BCUT2D eigenvalue weighted by atomic mass is 10.0. The number of nitrogens with zero attached hydrogens (tertiary/aromatic N) is 1. The number of carboxylic acids is 1. The lowest BCUT2D eigenvalue weighted by molar-refractivity contribution is -0.131. The Balaban J connectivity index is 2.09. The van der Waals surface area contributed by atoms with Crippen LogP contribution < -0.4 is 4.74 Å². The smallest absolute Gasteiger partial charge is 0.328 e. The number of rotatable bonds is 5. The number of methoxy groups -OCH3 is 1. The molecule has 0 saturated carbocycles. The molecule has 27 heavy (non-hydrogen) atoms. The highest BCUT2D eigenvalue weighted by atomic mass is 32.1. The van der Waals surface area contributed by atoms with Crippen molar-refractivity contribution < 1.29 is 19.4 Å². The fourth-order valence-electron chi connectivity index (χ4n) is 3.24. The normalized spacial score (nSPS) is 11.4. The maximum Gasteiger partial charge on any atom is 0.328 e. The van der Waals surface area contributed by atoms with E-state index in [2.05, 4.69) is 0 Å². The number of aliphatic carboxylic acids is 1. The van der Waals surface area contributed by atoms with Crippen LogP contribution in [0, 0.1) is 0 Å². The third kappa shape index (κ3) is 2.80. The summed E-state index contributed by atoms with van der Waals surface area (Å²) in [4.78, 5) is 24.0. The summed E-state index contributed by atoms with van der Waals surface area (Å²) in [6.45, 7) is 0. The van der Waals surface area contributed by atoms with Crippen LogP contribution >= 0.6 is 11.3 Å². The number of fused-ring (bicyclic) bond motifs is 3. The Labute approximate surface area is 158 Å². The molecule has 0 fully saturated rings. The number of carbonyl (C=O) groups is 2. The van der Waals surface area contributed by atoms with Gasteiger partial charge in [0.1, 0.15) is 10.6 Å². The van der Waals surface area contributed by atoms with E-state index in [0.717, 1.165) is 33.0 Å². The van der Waals surface area contributed by atoms with Gasteiger partial charge in [0.25, 0.3) is 0 Å². The molecule has 0 aliphatic carbocycles. The summed E-state index contributed by atoms with van der Waals surface area (Å²) in [5, 5.41) is 9.10. The van der Waals surface area contributed by atoms with Crippen molar-refractivity contribution in [1.29, 1.82) is 0 Å². The van der Waals surface area contributed by atoms with Crippen LogP contribution in [-0.4, -0.2) is 28.9 Å². The van der Waals surface area contributed by atoms with Crippen molar-refractivity contribution in [3.05, 3.63) is 65.9 Å². The summed E-state index contributed by atoms with van der Waals surface area (Å²) in [5.41, 5.74) is 3.66. The zero-order valence-corrected chi connectivity index (χ0v) is 15.2. The molecule has 2 aromatic carbocycles. The van der Waals surface area contributed by atoms with Gasteiger partial charge in [-0.3, -0.25) is 9.20 Å². The summed E-state index contributed by atoms with van der Waals surface area (Å²) in [6.07, 6.45) is 3.48. The van der Waals surface area contributed by atoms with E-state index >= 15 is 0 Å². The van der Waals surface area contributed by atoms with Crippen molar-refractivity contribution in [2.45, 2.75) is 0 Å². The maximum atomic E-state index is 12.0. The standard InChI is InChI=1S/C21H15NO4S/c1-26-14-8-6-13(7-9-14)20-15(10-11-19(24)25)21-22(17(20)12-23)16-4-2-3-5-18(16)27-21/h2-12H,1H3,(H,24,25)/b11-10+. The Morgan fingerprint density at radius 2 is 1.89 bits per heavy atom. The number of para-hydroxylation sites is 1. The van der Waals surface area contributed by atoms with Crippen LogP contribution in [0.5, 0.6) is 5.75 Å². The Morgan fingerprint density at radius 1 is 1.15 bits per heavy atom. The molecule has 0 bridgehead atoms. The predicted molar refractivity (Wildman–Crippen MR) is 107 cm³/mol. The molecule has 2 heterocycles. The number of aldehydes is 1. The van der Waals surface area contributed by atoms with Gasteiger partial charge in [0, 0.05) is 17.2 Å². The van der Waals surface area contributed by atoms with E-state index in [1.807, 2.05) is 52.9 Å². The number of thiazole rings is 1. The Kier molecular flexibility index (Phi) is 4.25. The van der Waals surface area contributed by atoms with Gasteiger partial charge in [-0.2, -0.15) is 0 Å². The van der Waals surface area contributed by atoms with Crippen molar-refractivity contribution in [3.63, 3.8) is 0 Å². The number of ether oxygens (including phenoxy) is 1. The fourth-order valence-corrected chi connectivity index (χ4v) is 4.43. The minimum Gasteiger partial charge on any atom is -0.497 e. The van der Waals surface area contributed by atoms with Gasteiger partial charge < -0.3 is 9.84 Å². The fraction of sp³-hybridized carbons (Fsp3) is 0.0476. The average molecular weight is 377 g/mol. The van der Waals surface area contributed by atoms with Crippen LogP contribution in [0.3, 0.4) is 0 Å². The molecule has 6 heteroatoms. The van der Waals surface area contributed by atoms with E-state index in [1.165, 1.54) is 11.3 Å². The van der Waals surface area contributed by atoms with Gasteiger partial charge in [-0.05, 0) is 35.9 Å². The molecular formula is C21H15NO4S. The molecule has 2 aromatic heterocycles. The molecule has 134 valence electrons. The van der Waals surface area contributed by atoms with E-state index in [0.29, 0.717) is 22.6 Å². The molecule has 0 atom stereocenters. The second-order valence-electron chi connectivity index (χ2n) is 5.90. The van der Waals surface area contributed by atoms with E-state index in [9.17, 15) is 9.59 Å². The molecule has 0 spiro atoms. The van der Waals surface area contributed by atoms with Crippen LogP contribution in [0.2, 0.25) is 0 Å². The minimum absolute atomic E-state index is 0.498. The van der Waals surface area contributed by atoms with E-state index in [1.54, 1.807) is 13.2 Å². The molecule has 4 aromatic rings. The Hall–Kier alpha value is -3.38. The zero-order chi connectivity index (χ0) is 19.0. The molecule has 0 aliphatic heterocycles. The topological polar surface area (TPSA) is 68.0 Å². The first-order chi connectivity index (χ1) is 13.1. The second kappa shape index (κ2) is 6.74. The molecule has 0 aliphatic rings. The van der Waals surface area contributed by atoms with Gasteiger partial charge >= 0.3 is 5.97 Å². The van der Waals surface area contributed by atoms with Gasteiger partial charge in [-0.15, -0.1) is 11.3 Å². The molecule has 5 nitrogen and oxygen atoms in total. The average Bonchev–Trinajstić information content (AvgIpc) is 3.20. The summed E-state index contributed by atoms with van der Waals surface area (Å²) < 4.78 is 8.13. The van der Waals surface area contributed by atoms with Crippen molar-refractivity contribution >= 4 is 44.7 Å². The Bertz CT molecular complexity index is 1200. The highest BCUT2D eigenvalue weighted by molar-refractivity contribution is 7.24. The summed E-state index contributed by atoms with van der Waals surface area (Å²) in [5.74, 6) is -0.329. The SMILES string of the molecule is COc1ccc(-c2c(/C=C/C(=O)O)c3sc4ccccc4n3c2C=O)cc1. The van der Waals surface area contributed by atoms with Crippen LogP contribution in [0.4, 0.5) is 0 Å². The maximum absolute atomic E-state index is 12.0. The zero-order valence-electron chi connectivity index (χ0n) is 14.4. The molecule has 0 saturated heterocycles. The van der Waals surface area contributed by atoms with Crippen molar-refractivity contribution in [1.82, 2.24) is 4.40 Å². The highest BCUT2D eigenvalue weighted by Crippen LogP contribution is 2.40. The van der Waals surface area contributed by atoms with Gasteiger partial charge in [-0.25, -0.2) is 4.79 Å². The quantitative estimate of drug-likeness (QED) is 0.403. The van der Waals surface area contributed by atoms with Crippen molar-refractivity contribution in [3.8, 4) is 16.9 Å². The van der Waals surface area contributed by atoms with Gasteiger partial charge in [0.05, 0.1) is 23.0 Å². The van der Waals surface area contributed by atoms with Gasteiger partial charge in [0.15, 0.2) is 6.29 Å². The third-order valence-corrected chi connectivity index (χ3v) is 5.56. The first-order valence-corrected chi connectivity index (χ1v) is 9.02.